The van der Waals surface area contributed by atoms with E-state index >= 15 is 0 Å². The van der Waals surface area contributed by atoms with Gasteiger partial charge < -0.3 is 10.6 Å². The fourth-order valence-corrected chi connectivity index (χ4v) is 2.91. The molecule has 0 aliphatic rings. The van der Waals surface area contributed by atoms with Crippen LogP contribution in [0.5, 0.6) is 0 Å². The van der Waals surface area contributed by atoms with Crippen LogP contribution in [-0.2, 0) is 0 Å². The molecule has 0 atom stereocenters. The number of benzene rings is 2. The molecule has 2 aromatic rings. The molecule has 0 fully saturated rings. The van der Waals surface area contributed by atoms with Gasteiger partial charge in [0.05, 0.1) is 11.4 Å². The van der Waals surface area contributed by atoms with E-state index in [1.165, 1.54) is 0 Å². The maximum atomic E-state index is 12.8. The summed E-state index contributed by atoms with van der Waals surface area (Å²) in [7, 11) is 0. The Morgan fingerprint density at radius 2 is 1.95 bits per heavy atom. The van der Waals surface area contributed by atoms with Gasteiger partial charge in [-0.3, -0.25) is 4.79 Å². The largest absolute Gasteiger partial charge is 0.397 e. The maximum Gasteiger partial charge on any atom is 0.258 e. The zero-order valence-electron chi connectivity index (χ0n) is 12.3. The van der Waals surface area contributed by atoms with Crippen molar-refractivity contribution in [3.8, 4) is 0 Å². The number of hydrogen-bond donors (Lipinski definition) is 1. The van der Waals surface area contributed by atoms with Crippen LogP contribution in [0.25, 0.3) is 0 Å². The topological polar surface area (TPSA) is 46.3 Å². The second kappa shape index (κ2) is 6.76. The number of amides is 1. The number of rotatable bonds is 4. The molecule has 3 nitrogen and oxygen atoms in total. The van der Waals surface area contributed by atoms with Crippen molar-refractivity contribution >= 4 is 33.2 Å². The lowest BCUT2D eigenvalue weighted by atomic mass is 10.1. The van der Waals surface area contributed by atoms with Crippen molar-refractivity contribution in [2.24, 2.45) is 0 Å². The van der Waals surface area contributed by atoms with Crippen LogP contribution < -0.4 is 10.6 Å². The van der Waals surface area contributed by atoms with E-state index in [0.717, 1.165) is 22.1 Å². The van der Waals surface area contributed by atoms with E-state index in [1.807, 2.05) is 56.3 Å². The van der Waals surface area contributed by atoms with Crippen LogP contribution in [-0.4, -0.2) is 12.5 Å². The van der Waals surface area contributed by atoms with Gasteiger partial charge in [-0.05, 0) is 49.2 Å². The van der Waals surface area contributed by atoms with E-state index in [0.29, 0.717) is 17.8 Å². The molecule has 2 rings (SSSR count). The molecular weight excluding hydrogens is 328 g/mol. The summed E-state index contributed by atoms with van der Waals surface area (Å²) in [4.78, 5) is 14.6. The lowest BCUT2D eigenvalue weighted by molar-refractivity contribution is 0.0987. The molecular formula is C17H19BrN2O. The first kappa shape index (κ1) is 15.6. The van der Waals surface area contributed by atoms with Gasteiger partial charge in [-0.2, -0.15) is 0 Å². The number of nitrogens with two attached hydrogens (primary N) is 1. The van der Waals surface area contributed by atoms with E-state index in [4.69, 9.17) is 5.73 Å². The average molecular weight is 347 g/mol. The molecule has 1 amide bonds. The predicted molar refractivity (Wildman–Crippen MR) is 91.7 cm³/mol. The molecule has 0 aromatic heterocycles. The van der Waals surface area contributed by atoms with E-state index in [2.05, 4.69) is 15.9 Å². The minimum Gasteiger partial charge on any atom is -0.397 e. The van der Waals surface area contributed by atoms with Gasteiger partial charge in [0.2, 0.25) is 0 Å². The lowest BCUT2D eigenvalue weighted by Gasteiger charge is -2.24. The van der Waals surface area contributed by atoms with Crippen molar-refractivity contribution in [2.75, 3.05) is 17.2 Å². The van der Waals surface area contributed by atoms with Gasteiger partial charge in [0.15, 0.2) is 0 Å². The first-order valence-electron chi connectivity index (χ1n) is 6.96. The van der Waals surface area contributed by atoms with Crippen LogP contribution in [0, 0.1) is 6.92 Å². The Balaban J connectivity index is 2.42. The molecule has 0 aliphatic heterocycles. The summed E-state index contributed by atoms with van der Waals surface area (Å²) in [6.07, 6.45) is 0.868. The second-order valence-corrected chi connectivity index (χ2v) is 5.95. The van der Waals surface area contributed by atoms with Gasteiger partial charge >= 0.3 is 0 Å². The fraction of sp³-hybridized carbons (Fsp3) is 0.235. The molecule has 2 N–H and O–H groups in total. The zero-order valence-corrected chi connectivity index (χ0v) is 13.9. The van der Waals surface area contributed by atoms with Crippen LogP contribution in [0.3, 0.4) is 0 Å². The van der Waals surface area contributed by atoms with E-state index in [1.54, 1.807) is 4.90 Å². The summed E-state index contributed by atoms with van der Waals surface area (Å²) in [6.45, 7) is 4.66. The van der Waals surface area contributed by atoms with Crippen LogP contribution >= 0.6 is 15.9 Å². The molecule has 0 unspecified atom stereocenters. The number of para-hydroxylation sites is 2. The molecule has 2 aromatic carbocycles. The minimum atomic E-state index is -0.0286. The van der Waals surface area contributed by atoms with Crippen LogP contribution in [0.4, 0.5) is 11.4 Å². The van der Waals surface area contributed by atoms with Gasteiger partial charge in [0.25, 0.3) is 5.91 Å². The SMILES string of the molecule is CCCN(C(=O)c1cc(C)cc(Br)c1)c1ccccc1N. The highest BCUT2D eigenvalue weighted by Crippen LogP contribution is 2.25. The fourth-order valence-electron chi connectivity index (χ4n) is 2.30. The van der Waals surface area contributed by atoms with Gasteiger partial charge in [-0.25, -0.2) is 0 Å². The Bertz CT molecular complexity index is 635. The minimum absolute atomic E-state index is 0.0286. The van der Waals surface area contributed by atoms with Crippen LogP contribution in [0.15, 0.2) is 46.9 Å². The Morgan fingerprint density at radius 3 is 2.57 bits per heavy atom. The van der Waals surface area contributed by atoms with E-state index in [-0.39, 0.29) is 5.91 Å². The zero-order chi connectivity index (χ0) is 15.4. The average Bonchev–Trinajstić information content (AvgIpc) is 2.44. The first-order valence-corrected chi connectivity index (χ1v) is 7.75. The highest BCUT2D eigenvalue weighted by molar-refractivity contribution is 9.10. The van der Waals surface area contributed by atoms with Crippen molar-refractivity contribution in [2.45, 2.75) is 20.3 Å². The second-order valence-electron chi connectivity index (χ2n) is 5.03. The summed E-state index contributed by atoms with van der Waals surface area (Å²) < 4.78 is 0.906. The molecule has 4 heteroatoms. The van der Waals surface area contributed by atoms with Gasteiger partial charge in [-0.1, -0.05) is 35.0 Å². The Hall–Kier alpha value is -1.81. The maximum absolute atomic E-state index is 12.8. The first-order chi connectivity index (χ1) is 10.0. The molecule has 0 heterocycles. The van der Waals surface area contributed by atoms with E-state index in [9.17, 15) is 4.79 Å². The van der Waals surface area contributed by atoms with Crippen LogP contribution in [0.2, 0.25) is 0 Å². The number of carbonyl (C=O) groups is 1. The monoisotopic (exact) mass is 346 g/mol. The number of carbonyl (C=O) groups excluding carboxylic acids is 1. The molecule has 0 radical (unpaired) electrons. The van der Waals surface area contributed by atoms with Crippen molar-refractivity contribution < 1.29 is 4.79 Å². The standard InChI is InChI=1S/C17H19BrN2O/c1-3-8-20(16-7-5-4-6-15(16)19)17(21)13-9-12(2)10-14(18)11-13/h4-7,9-11H,3,8,19H2,1-2H3. The predicted octanol–water partition coefficient (Wildman–Crippen LogP) is 4.40. The number of nitrogen functional groups attached to an aromatic ring is 1. The van der Waals surface area contributed by atoms with Crippen molar-refractivity contribution in [3.05, 3.63) is 58.1 Å². The quantitative estimate of drug-likeness (QED) is 0.834. The summed E-state index contributed by atoms with van der Waals surface area (Å²) in [5, 5.41) is 0. The smallest absolute Gasteiger partial charge is 0.258 e. The van der Waals surface area contributed by atoms with Gasteiger partial charge in [0, 0.05) is 16.6 Å². The highest BCUT2D eigenvalue weighted by Gasteiger charge is 2.19. The molecule has 0 saturated heterocycles. The third kappa shape index (κ3) is 3.64. The lowest BCUT2D eigenvalue weighted by Crippen LogP contribution is -2.32. The number of nitrogens with zero attached hydrogens (tertiary/aromatic N) is 1. The highest BCUT2D eigenvalue weighted by atomic mass is 79.9. The summed E-state index contributed by atoms with van der Waals surface area (Å²) >= 11 is 3.44. The summed E-state index contributed by atoms with van der Waals surface area (Å²) in [5.74, 6) is -0.0286. The third-order valence-corrected chi connectivity index (χ3v) is 3.67. The van der Waals surface area contributed by atoms with E-state index < -0.39 is 0 Å². The van der Waals surface area contributed by atoms with Crippen molar-refractivity contribution in [3.63, 3.8) is 0 Å². The summed E-state index contributed by atoms with van der Waals surface area (Å²) in [5.41, 5.74) is 9.12. The molecule has 21 heavy (non-hydrogen) atoms. The number of anilines is 2. The molecule has 110 valence electrons. The third-order valence-electron chi connectivity index (χ3n) is 3.21. The Morgan fingerprint density at radius 1 is 1.24 bits per heavy atom. The van der Waals surface area contributed by atoms with Crippen molar-refractivity contribution in [1.29, 1.82) is 0 Å². The molecule has 0 bridgehead atoms. The number of hydrogen-bond acceptors (Lipinski definition) is 2. The Kier molecular flexibility index (Phi) is 5.02. The normalized spacial score (nSPS) is 10.4. The van der Waals surface area contributed by atoms with Crippen molar-refractivity contribution in [1.82, 2.24) is 0 Å². The molecule has 0 aliphatic carbocycles. The Labute approximate surface area is 133 Å². The number of halogens is 1. The summed E-state index contributed by atoms with van der Waals surface area (Å²) in [6, 6.07) is 13.2. The van der Waals surface area contributed by atoms with Gasteiger partial charge in [0.1, 0.15) is 0 Å². The number of aryl methyl sites for hydroxylation is 1. The molecule has 0 saturated carbocycles. The van der Waals surface area contributed by atoms with Gasteiger partial charge in [-0.15, -0.1) is 0 Å². The van der Waals surface area contributed by atoms with Crippen LogP contribution in [0.1, 0.15) is 29.3 Å². The molecule has 0 spiro atoms.